The van der Waals surface area contributed by atoms with Crippen molar-refractivity contribution < 1.29 is 5.11 Å². The van der Waals surface area contributed by atoms with Gasteiger partial charge in [-0.1, -0.05) is 20.3 Å². The molecule has 1 aromatic heterocycles. The van der Waals surface area contributed by atoms with E-state index in [0.717, 1.165) is 16.6 Å². The highest BCUT2D eigenvalue weighted by atomic mass is 79.9. The number of aliphatic hydroxyl groups excluding tert-OH is 1. The normalized spacial score (nSPS) is 15.7. The molecule has 3 nitrogen and oxygen atoms in total. The molecule has 1 rings (SSSR count). The summed E-state index contributed by atoms with van der Waals surface area (Å²) in [5.41, 5.74) is 0.888. The van der Waals surface area contributed by atoms with Gasteiger partial charge < -0.3 is 5.11 Å². The molecule has 0 aliphatic carbocycles. The highest BCUT2D eigenvalue weighted by Crippen LogP contribution is 2.31. The molecule has 15 heavy (non-hydrogen) atoms. The highest BCUT2D eigenvalue weighted by molar-refractivity contribution is 9.10. The predicted octanol–water partition coefficient (Wildman–Crippen LogP) is 3.31. The van der Waals surface area contributed by atoms with E-state index < -0.39 is 6.10 Å². The Labute approximate surface area is 99.6 Å². The van der Waals surface area contributed by atoms with Gasteiger partial charge in [-0.3, -0.25) is 4.68 Å². The number of hydrogen-bond donors (Lipinski definition) is 1. The van der Waals surface area contributed by atoms with Crippen molar-refractivity contribution in [2.75, 3.05) is 0 Å². The topological polar surface area (TPSA) is 38.1 Å². The Morgan fingerprint density at radius 1 is 1.47 bits per heavy atom. The van der Waals surface area contributed by atoms with Crippen LogP contribution in [0.25, 0.3) is 0 Å². The molecule has 2 atom stereocenters. The van der Waals surface area contributed by atoms with Gasteiger partial charge in [-0.15, -0.1) is 0 Å². The molecule has 0 aromatic carbocycles. The molecule has 86 valence electrons. The summed E-state index contributed by atoms with van der Waals surface area (Å²) in [7, 11) is 0. The Hall–Kier alpha value is -0.350. The van der Waals surface area contributed by atoms with Crippen molar-refractivity contribution in [2.24, 2.45) is 5.92 Å². The second-order valence-corrected chi connectivity index (χ2v) is 5.10. The maximum absolute atomic E-state index is 10.2. The zero-order valence-corrected chi connectivity index (χ0v) is 11.3. The van der Waals surface area contributed by atoms with Crippen LogP contribution in [-0.2, 0) is 0 Å². The maximum Gasteiger partial charge on any atom is 0.0993 e. The van der Waals surface area contributed by atoms with Gasteiger partial charge in [0.25, 0.3) is 0 Å². The second-order valence-electron chi connectivity index (χ2n) is 4.25. The van der Waals surface area contributed by atoms with Gasteiger partial charge in [0.1, 0.15) is 0 Å². The molecule has 2 unspecified atom stereocenters. The lowest BCUT2D eigenvalue weighted by Crippen LogP contribution is -2.16. The summed E-state index contributed by atoms with van der Waals surface area (Å²) in [5, 5.41) is 14.5. The molecule has 1 N–H and O–H groups in total. The van der Waals surface area contributed by atoms with Crippen molar-refractivity contribution >= 4 is 15.9 Å². The van der Waals surface area contributed by atoms with Crippen molar-refractivity contribution in [3.8, 4) is 0 Å². The van der Waals surface area contributed by atoms with Crippen LogP contribution < -0.4 is 0 Å². The smallest absolute Gasteiger partial charge is 0.0993 e. The van der Waals surface area contributed by atoms with Gasteiger partial charge in [-0.2, -0.15) is 5.10 Å². The van der Waals surface area contributed by atoms with E-state index >= 15 is 0 Å². The van der Waals surface area contributed by atoms with Crippen LogP contribution in [0.2, 0.25) is 0 Å². The van der Waals surface area contributed by atoms with Gasteiger partial charge in [0.15, 0.2) is 0 Å². The number of aromatic nitrogens is 2. The fourth-order valence-electron chi connectivity index (χ4n) is 1.53. The molecule has 0 spiro atoms. The zero-order valence-electron chi connectivity index (χ0n) is 9.74. The largest absolute Gasteiger partial charge is 0.386 e. The summed E-state index contributed by atoms with van der Waals surface area (Å²) in [4.78, 5) is 0. The van der Waals surface area contributed by atoms with Crippen LogP contribution in [0.15, 0.2) is 10.7 Å². The minimum atomic E-state index is -0.450. The summed E-state index contributed by atoms with van der Waals surface area (Å²) in [6, 6.07) is 0.269. The summed E-state index contributed by atoms with van der Waals surface area (Å²) < 4.78 is 2.77. The number of rotatable bonds is 4. The standard InChI is InChI=1S/C11H19BrN2O/c1-5-8(4)11(15)10-9(12)6-13-14(10)7(2)3/h6-8,11,15H,5H2,1-4H3. The molecule has 0 amide bonds. The lowest BCUT2D eigenvalue weighted by molar-refractivity contribution is 0.104. The van der Waals surface area contributed by atoms with Crippen molar-refractivity contribution in [3.05, 3.63) is 16.4 Å². The van der Waals surface area contributed by atoms with Crippen molar-refractivity contribution in [1.29, 1.82) is 0 Å². The van der Waals surface area contributed by atoms with Gasteiger partial charge in [0, 0.05) is 6.04 Å². The second kappa shape index (κ2) is 5.12. The number of halogens is 1. The lowest BCUT2D eigenvalue weighted by Gasteiger charge is -2.20. The molecule has 1 aromatic rings. The third-order valence-corrected chi connectivity index (χ3v) is 3.35. The van der Waals surface area contributed by atoms with Crippen LogP contribution >= 0.6 is 15.9 Å². The number of aliphatic hydroxyl groups is 1. The number of hydrogen-bond acceptors (Lipinski definition) is 2. The first kappa shape index (κ1) is 12.7. The average Bonchev–Trinajstić information content (AvgIpc) is 2.58. The fourth-order valence-corrected chi connectivity index (χ4v) is 2.04. The summed E-state index contributed by atoms with van der Waals surface area (Å²) in [6.07, 6.45) is 2.26. The highest BCUT2D eigenvalue weighted by Gasteiger charge is 2.23. The first-order valence-electron chi connectivity index (χ1n) is 5.40. The third-order valence-electron chi connectivity index (χ3n) is 2.74. The van der Waals surface area contributed by atoms with Gasteiger partial charge in [-0.05, 0) is 35.7 Å². The van der Waals surface area contributed by atoms with E-state index in [4.69, 9.17) is 0 Å². The molecule has 0 aliphatic heterocycles. The van der Waals surface area contributed by atoms with Crippen LogP contribution in [0.5, 0.6) is 0 Å². The molecule has 0 bridgehead atoms. The van der Waals surface area contributed by atoms with Gasteiger partial charge in [0.2, 0.25) is 0 Å². The third kappa shape index (κ3) is 2.61. The minimum absolute atomic E-state index is 0.246. The lowest BCUT2D eigenvalue weighted by atomic mass is 9.99. The summed E-state index contributed by atoms with van der Waals surface area (Å²) in [6.45, 7) is 8.26. The monoisotopic (exact) mass is 274 g/mol. The van der Waals surface area contributed by atoms with Gasteiger partial charge in [-0.25, -0.2) is 0 Å². The molecule has 0 fully saturated rings. The van der Waals surface area contributed by atoms with Gasteiger partial charge >= 0.3 is 0 Å². The first-order chi connectivity index (χ1) is 6.99. The molecule has 0 saturated heterocycles. The molecular weight excluding hydrogens is 256 g/mol. The van der Waals surface area contributed by atoms with E-state index in [1.165, 1.54) is 0 Å². The Balaban J connectivity index is 3.06. The van der Waals surface area contributed by atoms with E-state index in [-0.39, 0.29) is 12.0 Å². The first-order valence-corrected chi connectivity index (χ1v) is 6.19. The molecule has 4 heteroatoms. The van der Waals surface area contributed by atoms with E-state index in [9.17, 15) is 5.11 Å². The van der Waals surface area contributed by atoms with Crippen molar-refractivity contribution in [3.63, 3.8) is 0 Å². The average molecular weight is 275 g/mol. The van der Waals surface area contributed by atoms with Crippen molar-refractivity contribution in [1.82, 2.24) is 9.78 Å². The molecule has 0 saturated carbocycles. The Kier molecular flexibility index (Phi) is 4.34. The minimum Gasteiger partial charge on any atom is -0.386 e. The predicted molar refractivity (Wildman–Crippen MR) is 64.7 cm³/mol. The quantitative estimate of drug-likeness (QED) is 0.915. The van der Waals surface area contributed by atoms with E-state index in [0.29, 0.717) is 0 Å². The number of nitrogens with zero attached hydrogens (tertiary/aromatic N) is 2. The van der Waals surface area contributed by atoms with Crippen molar-refractivity contribution in [2.45, 2.75) is 46.3 Å². The molecule has 0 aliphatic rings. The zero-order chi connectivity index (χ0) is 11.6. The Morgan fingerprint density at radius 2 is 2.07 bits per heavy atom. The Bertz CT molecular complexity index is 322. The molecular formula is C11H19BrN2O. The van der Waals surface area contributed by atoms with Gasteiger partial charge in [0.05, 0.1) is 22.5 Å². The van der Waals surface area contributed by atoms with Crippen LogP contribution in [-0.4, -0.2) is 14.9 Å². The molecule has 0 radical (unpaired) electrons. The van der Waals surface area contributed by atoms with E-state index in [2.05, 4.69) is 48.7 Å². The van der Waals surface area contributed by atoms with Crippen LogP contribution in [0.1, 0.15) is 52.0 Å². The molecule has 1 heterocycles. The van der Waals surface area contributed by atoms with Crippen LogP contribution in [0.3, 0.4) is 0 Å². The Morgan fingerprint density at radius 3 is 2.53 bits per heavy atom. The van der Waals surface area contributed by atoms with Crippen LogP contribution in [0.4, 0.5) is 0 Å². The van der Waals surface area contributed by atoms with Crippen LogP contribution in [0, 0.1) is 5.92 Å². The summed E-state index contributed by atoms with van der Waals surface area (Å²) in [5.74, 6) is 0.246. The summed E-state index contributed by atoms with van der Waals surface area (Å²) >= 11 is 3.44. The fraction of sp³-hybridized carbons (Fsp3) is 0.727. The maximum atomic E-state index is 10.2. The van der Waals surface area contributed by atoms with E-state index in [1.54, 1.807) is 6.20 Å². The SMILES string of the molecule is CCC(C)C(O)c1c(Br)cnn1C(C)C. The van der Waals surface area contributed by atoms with E-state index in [1.807, 2.05) is 4.68 Å².